The zero-order chi connectivity index (χ0) is 19.4. The maximum Gasteiger partial charge on any atom is 0.265 e. The first-order valence-corrected chi connectivity index (χ1v) is 8.64. The minimum atomic E-state index is -0.480. The molecule has 2 aromatic carbocycles. The molecule has 142 valence electrons. The van der Waals surface area contributed by atoms with E-state index >= 15 is 0 Å². The number of carbonyl (C=O) groups excluding carboxylic acids is 2. The Morgan fingerprint density at radius 1 is 1.33 bits per heavy atom. The van der Waals surface area contributed by atoms with Crippen molar-refractivity contribution in [2.24, 2.45) is 0 Å². The molecule has 2 amide bonds. The largest absolute Gasteiger partial charge is 0.494 e. The number of fused-ring (bicyclic) bond motifs is 1. The number of hydrogen-bond donors (Lipinski definition) is 1. The molecule has 27 heavy (non-hydrogen) atoms. The molecular formula is C20H21FN2O4. The van der Waals surface area contributed by atoms with Gasteiger partial charge in [0.25, 0.3) is 5.91 Å². The monoisotopic (exact) mass is 372 g/mol. The van der Waals surface area contributed by atoms with Crippen LogP contribution in [0.5, 0.6) is 11.5 Å². The summed E-state index contributed by atoms with van der Waals surface area (Å²) in [7, 11) is 1.40. The first kappa shape index (κ1) is 18.7. The van der Waals surface area contributed by atoms with E-state index in [9.17, 15) is 14.0 Å². The van der Waals surface area contributed by atoms with Gasteiger partial charge in [0.2, 0.25) is 5.91 Å². The van der Waals surface area contributed by atoms with Gasteiger partial charge in [-0.05, 0) is 36.8 Å². The molecule has 6 nitrogen and oxygen atoms in total. The van der Waals surface area contributed by atoms with Crippen LogP contribution in [0.2, 0.25) is 0 Å². The lowest BCUT2D eigenvalue weighted by molar-refractivity contribution is -0.122. The third-order valence-electron chi connectivity index (χ3n) is 4.42. The fourth-order valence-corrected chi connectivity index (χ4v) is 2.96. The van der Waals surface area contributed by atoms with Crippen LogP contribution in [-0.2, 0) is 9.59 Å². The summed E-state index contributed by atoms with van der Waals surface area (Å²) in [4.78, 5) is 26.0. The molecule has 0 fully saturated rings. The van der Waals surface area contributed by atoms with Gasteiger partial charge >= 0.3 is 0 Å². The lowest BCUT2D eigenvalue weighted by Crippen LogP contribution is -2.41. The van der Waals surface area contributed by atoms with Gasteiger partial charge < -0.3 is 19.7 Å². The SMILES string of the molecule is COc1ccc(C(C)NC(=O)CCN2C(=O)COc3ccccc32)cc1F. The third-order valence-corrected chi connectivity index (χ3v) is 4.42. The van der Waals surface area contributed by atoms with Crippen molar-refractivity contribution in [1.29, 1.82) is 0 Å². The molecule has 0 aromatic heterocycles. The topological polar surface area (TPSA) is 67.9 Å². The van der Waals surface area contributed by atoms with Crippen LogP contribution in [0, 0.1) is 5.82 Å². The molecule has 0 aliphatic carbocycles. The lowest BCUT2D eigenvalue weighted by Gasteiger charge is -2.29. The predicted molar refractivity (Wildman–Crippen MR) is 98.4 cm³/mol. The molecule has 1 aliphatic heterocycles. The Bertz CT molecular complexity index is 856. The molecule has 0 spiro atoms. The second-order valence-electron chi connectivity index (χ2n) is 6.23. The maximum atomic E-state index is 13.8. The highest BCUT2D eigenvalue weighted by Gasteiger charge is 2.25. The van der Waals surface area contributed by atoms with Crippen LogP contribution in [0.25, 0.3) is 0 Å². The van der Waals surface area contributed by atoms with Crippen LogP contribution in [0.3, 0.4) is 0 Å². The fourth-order valence-electron chi connectivity index (χ4n) is 2.96. The average molecular weight is 372 g/mol. The third kappa shape index (κ3) is 4.19. The van der Waals surface area contributed by atoms with Crippen molar-refractivity contribution in [2.75, 3.05) is 25.2 Å². The van der Waals surface area contributed by atoms with Gasteiger partial charge in [-0.3, -0.25) is 9.59 Å². The number of ether oxygens (including phenoxy) is 2. The fraction of sp³-hybridized carbons (Fsp3) is 0.300. The Labute approximate surface area is 156 Å². The van der Waals surface area contributed by atoms with Crippen LogP contribution in [-0.4, -0.2) is 32.1 Å². The second kappa shape index (κ2) is 8.07. The van der Waals surface area contributed by atoms with Crippen molar-refractivity contribution < 1.29 is 23.5 Å². The lowest BCUT2D eigenvalue weighted by atomic mass is 10.1. The average Bonchev–Trinajstić information content (AvgIpc) is 2.67. The van der Waals surface area contributed by atoms with Crippen molar-refractivity contribution in [1.82, 2.24) is 5.32 Å². The highest BCUT2D eigenvalue weighted by Crippen LogP contribution is 2.31. The highest BCUT2D eigenvalue weighted by molar-refractivity contribution is 5.98. The van der Waals surface area contributed by atoms with Crippen molar-refractivity contribution in [3.8, 4) is 11.5 Å². The quantitative estimate of drug-likeness (QED) is 0.847. The van der Waals surface area contributed by atoms with E-state index in [2.05, 4.69) is 5.32 Å². The van der Waals surface area contributed by atoms with Gasteiger partial charge in [0.05, 0.1) is 18.8 Å². The summed E-state index contributed by atoms with van der Waals surface area (Å²) in [6.45, 7) is 1.98. The molecule has 0 bridgehead atoms. The summed E-state index contributed by atoms with van der Waals surface area (Å²) in [6, 6.07) is 11.4. The van der Waals surface area contributed by atoms with Crippen molar-refractivity contribution in [2.45, 2.75) is 19.4 Å². The van der Waals surface area contributed by atoms with Crippen LogP contribution in [0.1, 0.15) is 24.9 Å². The molecule has 1 N–H and O–H groups in total. The number of methoxy groups -OCH3 is 1. The first-order chi connectivity index (χ1) is 13.0. The Morgan fingerprint density at radius 3 is 2.85 bits per heavy atom. The van der Waals surface area contributed by atoms with E-state index in [-0.39, 0.29) is 43.2 Å². The van der Waals surface area contributed by atoms with E-state index < -0.39 is 5.82 Å². The van der Waals surface area contributed by atoms with Gasteiger partial charge in [-0.15, -0.1) is 0 Å². The summed E-state index contributed by atoms with van der Waals surface area (Å²) in [5, 5.41) is 2.82. The first-order valence-electron chi connectivity index (χ1n) is 8.64. The zero-order valence-electron chi connectivity index (χ0n) is 15.2. The maximum absolute atomic E-state index is 13.8. The van der Waals surface area contributed by atoms with Gasteiger partial charge in [0, 0.05) is 13.0 Å². The number of carbonyl (C=O) groups is 2. The van der Waals surface area contributed by atoms with Crippen LogP contribution in [0.15, 0.2) is 42.5 Å². The van der Waals surface area contributed by atoms with Crippen LogP contribution in [0.4, 0.5) is 10.1 Å². The standard InChI is InChI=1S/C20H21FN2O4/c1-13(14-7-8-17(26-2)15(21)11-14)22-19(24)9-10-23-16-5-3-4-6-18(16)27-12-20(23)25/h3-8,11,13H,9-10,12H2,1-2H3,(H,22,24). The predicted octanol–water partition coefficient (Wildman–Crippen LogP) is 2.83. The molecule has 0 saturated heterocycles. The molecule has 1 unspecified atom stereocenters. The van der Waals surface area contributed by atoms with Gasteiger partial charge in [-0.2, -0.15) is 0 Å². The number of hydrogen-bond acceptors (Lipinski definition) is 4. The van der Waals surface area contributed by atoms with E-state index in [1.807, 2.05) is 12.1 Å². The summed E-state index contributed by atoms with van der Waals surface area (Å²) in [6.07, 6.45) is 0.128. The molecule has 1 aliphatic rings. The summed E-state index contributed by atoms with van der Waals surface area (Å²) >= 11 is 0. The van der Waals surface area contributed by atoms with Crippen molar-refractivity contribution in [3.05, 3.63) is 53.8 Å². The minimum Gasteiger partial charge on any atom is -0.494 e. The Hall–Kier alpha value is -3.09. The van der Waals surface area contributed by atoms with Crippen LogP contribution >= 0.6 is 0 Å². The van der Waals surface area contributed by atoms with E-state index in [1.54, 1.807) is 30.0 Å². The number of nitrogens with zero attached hydrogens (tertiary/aromatic N) is 1. The molecular weight excluding hydrogens is 351 g/mol. The van der Waals surface area contributed by atoms with Gasteiger partial charge in [0.1, 0.15) is 5.75 Å². The normalized spacial score (nSPS) is 14.2. The Morgan fingerprint density at radius 2 is 2.11 bits per heavy atom. The van der Waals surface area contributed by atoms with Crippen molar-refractivity contribution >= 4 is 17.5 Å². The number of nitrogens with one attached hydrogen (secondary N) is 1. The van der Waals surface area contributed by atoms with E-state index in [1.165, 1.54) is 19.2 Å². The molecule has 0 radical (unpaired) electrons. The molecule has 1 atom stereocenters. The van der Waals surface area contributed by atoms with Gasteiger partial charge in [-0.1, -0.05) is 18.2 Å². The van der Waals surface area contributed by atoms with E-state index in [0.29, 0.717) is 17.0 Å². The van der Waals surface area contributed by atoms with E-state index in [4.69, 9.17) is 9.47 Å². The second-order valence-corrected chi connectivity index (χ2v) is 6.23. The van der Waals surface area contributed by atoms with Crippen molar-refractivity contribution in [3.63, 3.8) is 0 Å². The highest BCUT2D eigenvalue weighted by atomic mass is 19.1. The Kier molecular flexibility index (Phi) is 5.59. The number of anilines is 1. The molecule has 1 heterocycles. The van der Waals surface area contributed by atoms with Crippen LogP contribution < -0.4 is 19.7 Å². The minimum absolute atomic E-state index is 0.0415. The summed E-state index contributed by atoms with van der Waals surface area (Å²) < 4.78 is 24.1. The summed E-state index contributed by atoms with van der Waals surface area (Å²) in [5.74, 6) is -0.116. The smallest absolute Gasteiger partial charge is 0.265 e. The number of para-hydroxylation sites is 2. The van der Waals surface area contributed by atoms with Gasteiger partial charge in [0.15, 0.2) is 18.2 Å². The molecule has 7 heteroatoms. The number of benzene rings is 2. The Balaban J connectivity index is 1.60. The molecule has 2 aromatic rings. The number of amides is 2. The zero-order valence-corrected chi connectivity index (χ0v) is 15.2. The van der Waals surface area contributed by atoms with Gasteiger partial charge in [-0.25, -0.2) is 4.39 Å². The van der Waals surface area contributed by atoms with E-state index in [0.717, 1.165) is 0 Å². The number of halogens is 1. The molecule has 3 rings (SSSR count). The molecule has 0 saturated carbocycles. The number of rotatable bonds is 6. The summed E-state index contributed by atoms with van der Waals surface area (Å²) in [5.41, 5.74) is 1.29.